The number of carbonyl (C=O) groups is 2. The standard InChI is InChI=1S/C20H17F3N6O2/c21-20(22,23)13-4-6-16(15(24)8-13)29-19(31)17-7-5-14(11-25-17)28-18(30)3-1-2-12-9-26-27-10-12/h1-2,4-11H,3,24H2,(H,26,27)(H,28,30)(H,29,31)/b2-1+. The largest absolute Gasteiger partial charge is 0.416 e. The van der Waals surface area contributed by atoms with Crippen LogP contribution in [0.25, 0.3) is 6.08 Å². The molecule has 2 aromatic heterocycles. The number of aromatic amines is 1. The van der Waals surface area contributed by atoms with Crippen molar-refractivity contribution < 1.29 is 22.8 Å². The van der Waals surface area contributed by atoms with E-state index in [0.29, 0.717) is 5.69 Å². The van der Waals surface area contributed by atoms with Crippen molar-refractivity contribution in [3.05, 3.63) is 71.8 Å². The van der Waals surface area contributed by atoms with Crippen molar-refractivity contribution in [1.82, 2.24) is 15.2 Å². The van der Waals surface area contributed by atoms with Gasteiger partial charge in [0.05, 0.1) is 35.0 Å². The molecule has 0 bridgehead atoms. The number of hydrogen-bond acceptors (Lipinski definition) is 5. The third-order valence-corrected chi connectivity index (χ3v) is 4.04. The summed E-state index contributed by atoms with van der Waals surface area (Å²) in [5, 5.41) is 11.5. The molecule has 0 saturated carbocycles. The predicted octanol–water partition coefficient (Wildman–Crippen LogP) is 3.70. The van der Waals surface area contributed by atoms with Crippen molar-refractivity contribution >= 4 is 35.0 Å². The lowest BCUT2D eigenvalue weighted by atomic mass is 10.1. The molecule has 0 saturated heterocycles. The van der Waals surface area contributed by atoms with Gasteiger partial charge in [0.15, 0.2) is 0 Å². The lowest BCUT2D eigenvalue weighted by Crippen LogP contribution is -2.16. The van der Waals surface area contributed by atoms with Gasteiger partial charge in [0.2, 0.25) is 5.91 Å². The van der Waals surface area contributed by atoms with Crippen molar-refractivity contribution in [3.8, 4) is 0 Å². The zero-order chi connectivity index (χ0) is 22.4. The second kappa shape index (κ2) is 9.11. The molecule has 5 N–H and O–H groups in total. The van der Waals surface area contributed by atoms with Crippen LogP contribution in [0.5, 0.6) is 0 Å². The number of hydrogen-bond donors (Lipinski definition) is 4. The molecule has 0 aliphatic rings. The molecule has 11 heteroatoms. The van der Waals surface area contributed by atoms with Crippen LogP contribution < -0.4 is 16.4 Å². The van der Waals surface area contributed by atoms with Crippen LogP contribution >= 0.6 is 0 Å². The number of pyridine rings is 1. The van der Waals surface area contributed by atoms with Crippen LogP contribution in [0.4, 0.5) is 30.2 Å². The van der Waals surface area contributed by atoms with Gasteiger partial charge >= 0.3 is 6.18 Å². The zero-order valence-corrected chi connectivity index (χ0v) is 15.9. The first-order valence-electron chi connectivity index (χ1n) is 8.91. The number of carbonyl (C=O) groups excluding carboxylic acids is 2. The number of nitrogens with zero attached hydrogens (tertiary/aromatic N) is 2. The summed E-state index contributed by atoms with van der Waals surface area (Å²) in [6, 6.07) is 5.48. The number of nitrogens with two attached hydrogens (primary N) is 1. The Morgan fingerprint density at radius 1 is 1.13 bits per heavy atom. The highest BCUT2D eigenvalue weighted by atomic mass is 19.4. The molecule has 3 aromatic rings. The molecule has 0 spiro atoms. The van der Waals surface area contributed by atoms with E-state index >= 15 is 0 Å². The van der Waals surface area contributed by atoms with Crippen LogP contribution in [-0.2, 0) is 11.0 Å². The van der Waals surface area contributed by atoms with Crippen molar-refractivity contribution in [3.63, 3.8) is 0 Å². The van der Waals surface area contributed by atoms with Gasteiger partial charge in [-0.2, -0.15) is 18.3 Å². The van der Waals surface area contributed by atoms with E-state index in [4.69, 9.17) is 5.73 Å². The highest BCUT2D eigenvalue weighted by Crippen LogP contribution is 2.32. The van der Waals surface area contributed by atoms with Gasteiger partial charge in [0.25, 0.3) is 5.91 Å². The van der Waals surface area contributed by atoms with Crippen LogP contribution in [0.2, 0.25) is 0 Å². The number of nitrogen functional groups attached to an aromatic ring is 1. The lowest BCUT2D eigenvalue weighted by Gasteiger charge is -2.12. The lowest BCUT2D eigenvalue weighted by molar-refractivity contribution is -0.137. The Hall–Kier alpha value is -4.15. The first kappa shape index (κ1) is 21.6. The minimum Gasteiger partial charge on any atom is -0.397 e. The number of benzene rings is 1. The highest BCUT2D eigenvalue weighted by molar-refractivity contribution is 6.04. The van der Waals surface area contributed by atoms with Crippen LogP contribution in [-0.4, -0.2) is 27.0 Å². The summed E-state index contributed by atoms with van der Waals surface area (Å²) in [6.45, 7) is 0. The fourth-order valence-electron chi connectivity index (χ4n) is 2.51. The topological polar surface area (TPSA) is 126 Å². The van der Waals surface area contributed by atoms with Gasteiger partial charge in [-0.05, 0) is 30.3 Å². The SMILES string of the molecule is Nc1cc(C(F)(F)F)ccc1NC(=O)c1ccc(NC(=O)C/C=C/c2cn[nH]c2)cn1. The third kappa shape index (κ3) is 5.92. The Morgan fingerprint density at radius 2 is 1.94 bits per heavy atom. The molecule has 0 radical (unpaired) electrons. The molecule has 0 aliphatic heterocycles. The van der Waals surface area contributed by atoms with E-state index in [1.54, 1.807) is 24.5 Å². The number of H-pyrrole nitrogens is 1. The van der Waals surface area contributed by atoms with Crippen molar-refractivity contribution in [2.75, 3.05) is 16.4 Å². The minimum atomic E-state index is -4.53. The summed E-state index contributed by atoms with van der Waals surface area (Å²) >= 11 is 0. The average molecular weight is 430 g/mol. The normalized spacial score (nSPS) is 11.5. The fourth-order valence-corrected chi connectivity index (χ4v) is 2.51. The van der Waals surface area contributed by atoms with Crippen molar-refractivity contribution in [2.45, 2.75) is 12.6 Å². The molecular formula is C20H17F3N6O2. The Balaban J connectivity index is 1.57. The summed E-state index contributed by atoms with van der Waals surface area (Å²) in [5.41, 5.74) is 5.70. The molecule has 8 nitrogen and oxygen atoms in total. The predicted molar refractivity (Wildman–Crippen MR) is 109 cm³/mol. The Bertz CT molecular complexity index is 1090. The van der Waals surface area contributed by atoms with Crippen molar-refractivity contribution in [2.24, 2.45) is 0 Å². The second-order valence-corrected chi connectivity index (χ2v) is 6.37. The Morgan fingerprint density at radius 3 is 2.55 bits per heavy atom. The molecule has 0 fully saturated rings. The third-order valence-electron chi connectivity index (χ3n) is 4.04. The molecule has 2 amide bonds. The van der Waals surface area contributed by atoms with Gasteiger partial charge < -0.3 is 16.4 Å². The molecule has 160 valence electrons. The highest BCUT2D eigenvalue weighted by Gasteiger charge is 2.30. The number of anilines is 3. The van der Waals surface area contributed by atoms with E-state index in [1.807, 2.05) is 0 Å². The van der Waals surface area contributed by atoms with Crippen LogP contribution in [0.3, 0.4) is 0 Å². The molecule has 0 unspecified atom stereocenters. The number of amides is 2. The van der Waals surface area contributed by atoms with Gasteiger partial charge in [-0.25, -0.2) is 4.98 Å². The van der Waals surface area contributed by atoms with E-state index in [2.05, 4.69) is 25.8 Å². The maximum atomic E-state index is 12.7. The zero-order valence-electron chi connectivity index (χ0n) is 15.9. The summed E-state index contributed by atoms with van der Waals surface area (Å²) in [6.07, 6.45) is 3.59. The summed E-state index contributed by atoms with van der Waals surface area (Å²) < 4.78 is 38.1. The number of halogens is 3. The first-order chi connectivity index (χ1) is 14.7. The van der Waals surface area contributed by atoms with E-state index in [1.165, 1.54) is 18.3 Å². The van der Waals surface area contributed by atoms with Gasteiger partial charge in [0, 0.05) is 18.2 Å². The minimum absolute atomic E-state index is 0.00264. The number of nitrogens with one attached hydrogen (secondary N) is 3. The van der Waals surface area contributed by atoms with E-state index in [9.17, 15) is 22.8 Å². The Labute approximate surface area is 174 Å². The van der Waals surface area contributed by atoms with Crippen LogP contribution in [0.15, 0.2) is 55.0 Å². The van der Waals surface area contributed by atoms with Gasteiger partial charge in [0.1, 0.15) is 5.69 Å². The van der Waals surface area contributed by atoms with E-state index in [-0.39, 0.29) is 29.4 Å². The molecule has 0 atom stereocenters. The van der Waals surface area contributed by atoms with Crippen LogP contribution in [0.1, 0.15) is 28.0 Å². The number of rotatable bonds is 6. The number of alkyl halides is 3. The molecule has 3 rings (SSSR count). The molecule has 2 heterocycles. The second-order valence-electron chi connectivity index (χ2n) is 6.37. The monoisotopic (exact) mass is 430 g/mol. The Kier molecular flexibility index (Phi) is 6.34. The van der Waals surface area contributed by atoms with E-state index in [0.717, 1.165) is 23.8 Å². The molecule has 1 aromatic carbocycles. The molecule has 31 heavy (non-hydrogen) atoms. The summed E-state index contributed by atoms with van der Waals surface area (Å²) in [5.74, 6) is -0.941. The summed E-state index contributed by atoms with van der Waals surface area (Å²) in [7, 11) is 0. The maximum absolute atomic E-state index is 12.7. The summed E-state index contributed by atoms with van der Waals surface area (Å²) in [4.78, 5) is 28.2. The quantitative estimate of drug-likeness (QED) is 0.444. The smallest absolute Gasteiger partial charge is 0.397 e. The molecule has 0 aliphatic carbocycles. The van der Waals surface area contributed by atoms with Gasteiger partial charge in [-0.1, -0.05) is 12.2 Å². The van der Waals surface area contributed by atoms with Crippen LogP contribution in [0, 0.1) is 0 Å². The van der Waals surface area contributed by atoms with Gasteiger partial charge in [-0.15, -0.1) is 0 Å². The fraction of sp³-hybridized carbons (Fsp3) is 0.100. The molecular weight excluding hydrogens is 413 g/mol. The van der Waals surface area contributed by atoms with Crippen molar-refractivity contribution in [1.29, 1.82) is 0 Å². The average Bonchev–Trinajstić information content (AvgIpc) is 3.22. The number of aromatic nitrogens is 3. The van der Waals surface area contributed by atoms with Gasteiger partial charge in [-0.3, -0.25) is 14.7 Å². The maximum Gasteiger partial charge on any atom is 0.416 e. The van der Waals surface area contributed by atoms with E-state index < -0.39 is 17.6 Å². The first-order valence-corrected chi connectivity index (χ1v) is 8.91.